The smallest absolute Gasteiger partial charge is 0.270 e. The number of hydrogen-bond donors (Lipinski definition) is 1. The van der Waals surface area contributed by atoms with E-state index in [0.717, 1.165) is 11.3 Å². The summed E-state index contributed by atoms with van der Waals surface area (Å²) in [7, 11) is 1.60. The van der Waals surface area contributed by atoms with E-state index in [0.29, 0.717) is 18.7 Å². The van der Waals surface area contributed by atoms with E-state index in [1.54, 1.807) is 42.4 Å². The lowest BCUT2D eigenvalue weighted by molar-refractivity contribution is -0.139. The number of benzene rings is 2. The highest BCUT2D eigenvalue weighted by atomic mass is 16.5. The Morgan fingerprint density at radius 2 is 1.66 bits per heavy atom. The van der Waals surface area contributed by atoms with Gasteiger partial charge >= 0.3 is 0 Å². The summed E-state index contributed by atoms with van der Waals surface area (Å²) >= 11 is 0. The van der Waals surface area contributed by atoms with Gasteiger partial charge in [-0.25, -0.2) is 0 Å². The molecule has 0 aliphatic carbocycles. The number of amides is 2. The largest absolute Gasteiger partial charge is 0.497 e. The van der Waals surface area contributed by atoms with Crippen LogP contribution in [0.5, 0.6) is 5.75 Å². The van der Waals surface area contributed by atoms with E-state index in [1.807, 2.05) is 44.2 Å². The summed E-state index contributed by atoms with van der Waals surface area (Å²) < 4.78 is 10.9. The zero-order valence-electron chi connectivity index (χ0n) is 16.9. The normalized spacial score (nSPS) is 19.6. The molecule has 1 saturated heterocycles. The van der Waals surface area contributed by atoms with Gasteiger partial charge in [0.1, 0.15) is 11.4 Å². The van der Waals surface area contributed by atoms with Crippen molar-refractivity contribution in [1.29, 1.82) is 0 Å². The van der Waals surface area contributed by atoms with Crippen LogP contribution in [0.2, 0.25) is 0 Å². The highest BCUT2D eigenvalue weighted by molar-refractivity contribution is 6.05. The van der Waals surface area contributed by atoms with Gasteiger partial charge in [0, 0.05) is 18.7 Å². The molecule has 1 N–H and O–H groups in total. The number of carbonyl (C=O) groups excluding carboxylic acids is 2. The Labute approximate surface area is 171 Å². The van der Waals surface area contributed by atoms with Crippen molar-refractivity contribution in [2.24, 2.45) is 0 Å². The molecule has 0 unspecified atom stereocenters. The molecule has 1 heterocycles. The number of ether oxygens (including phenoxy) is 2. The summed E-state index contributed by atoms with van der Waals surface area (Å²) in [5.41, 5.74) is 1.51. The first kappa shape index (κ1) is 20.6. The van der Waals surface area contributed by atoms with Crippen molar-refractivity contribution in [2.45, 2.75) is 26.1 Å². The number of carbonyl (C=O) groups is 2. The molecule has 0 saturated carbocycles. The molecule has 2 aromatic carbocycles. The van der Waals surface area contributed by atoms with Crippen molar-refractivity contribution in [1.82, 2.24) is 10.2 Å². The van der Waals surface area contributed by atoms with Gasteiger partial charge in [-0.3, -0.25) is 9.59 Å². The maximum atomic E-state index is 13.2. The highest BCUT2D eigenvalue weighted by Gasteiger charge is 2.28. The van der Waals surface area contributed by atoms with Crippen LogP contribution in [0.4, 0.5) is 0 Å². The molecule has 29 heavy (non-hydrogen) atoms. The Kier molecular flexibility index (Phi) is 6.67. The van der Waals surface area contributed by atoms with Crippen molar-refractivity contribution in [3.05, 3.63) is 71.4 Å². The minimum Gasteiger partial charge on any atom is -0.497 e. The molecule has 3 rings (SSSR count). The van der Waals surface area contributed by atoms with Gasteiger partial charge in [-0.15, -0.1) is 0 Å². The van der Waals surface area contributed by atoms with Crippen LogP contribution in [0.25, 0.3) is 6.08 Å². The Balaban J connectivity index is 1.88. The van der Waals surface area contributed by atoms with E-state index in [2.05, 4.69) is 5.32 Å². The summed E-state index contributed by atoms with van der Waals surface area (Å²) in [6.07, 6.45) is 1.57. The number of morpholine rings is 1. The second-order valence-electron chi connectivity index (χ2n) is 7.12. The third kappa shape index (κ3) is 5.45. The molecule has 1 aliphatic heterocycles. The van der Waals surface area contributed by atoms with Gasteiger partial charge in [0.25, 0.3) is 11.8 Å². The van der Waals surface area contributed by atoms with Gasteiger partial charge in [-0.1, -0.05) is 30.3 Å². The summed E-state index contributed by atoms with van der Waals surface area (Å²) in [5, 5.41) is 2.80. The van der Waals surface area contributed by atoms with Crippen LogP contribution in [0.1, 0.15) is 29.8 Å². The fraction of sp³-hybridized carbons (Fsp3) is 0.304. The standard InChI is InChI=1S/C23H26N2O4/c1-16-14-25(15-17(2)29-16)23(27)21(13-18-9-11-20(28-3)12-10-18)24-22(26)19-7-5-4-6-8-19/h4-13,16-17H,14-15H2,1-3H3,(H,24,26)/b21-13+/t16-,17-/m0/s1. The molecular formula is C23H26N2O4. The lowest BCUT2D eigenvalue weighted by atomic mass is 10.1. The molecule has 0 spiro atoms. The van der Waals surface area contributed by atoms with Crippen molar-refractivity contribution in [3.8, 4) is 5.75 Å². The van der Waals surface area contributed by atoms with Crippen LogP contribution in [-0.4, -0.2) is 49.1 Å². The van der Waals surface area contributed by atoms with Crippen LogP contribution in [0.15, 0.2) is 60.3 Å². The zero-order chi connectivity index (χ0) is 20.8. The molecule has 1 aliphatic rings. The minimum atomic E-state index is -0.326. The van der Waals surface area contributed by atoms with Gasteiger partial charge in [0.05, 0.1) is 19.3 Å². The van der Waals surface area contributed by atoms with Gasteiger partial charge in [0.15, 0.2) is 0 Å². The number of rotatable bonds is 5. The van der Waals surface area contributed by atoms with Crippen molar-refractivity contribution < 1.29 is 19.1 Å². The minimum absolute atomic E-state index is 0.0604. The number of nitrogens with zero attached hydrogens (tertiary/aromatic N) is 1. The molecule has 6 heteroatoms. The third-order valence-corrected chi connectivity index (χ3v) is 4.65. The Hall–Kier alpha value is -3.12. The average Bonchev–Trinajstić information content (AvgIpc) is 2.73. The summed E-state index contributed by atoms with van der Waals surface area (Å²) in [4.78, 5) is 27.7. The first-order chi connectivity index (χ1) is 14.0. The molecule has 1 fully saturated rings. The lowest BCUT2D eigenvalue weighted by Gasteiger charge is -2.35. The molecule has 2 aromatic rings. The first-order valence-corrected chi connectivity index (χ1v) is 9.63. The van der Waals surface area contributed by atoms with Crippen LogP contribution in [0.3, 0.4) is 0 Å². The third-order valence-electron chi connectivity index (χ3n) is 4.65. The van der Waals surface area contributed by atoms with E-state index in [1.165, 1.54) is 0 Å². The Bertz CT molecular complexity index is 868. The quantitative estimate of drug-likeness (QED) is 0.792. The van der Waals surface area contributed by atoms with Crippen LogP contribution < -0.4 is 10.1 Å². The molecule has 0 bridgehead atoms. The molecule has 2 amide bonds. The fourth-order valence-corrected chi connectivity index (χ4v) is 3.32. The topological polar surface area (TPSA) is 67.9 Å². The molecule has 0 aromatic heterocycles. The maximum absolute atomic E-state index is 13.2. The van der Waals surface area contributed by atoms with E-state index >= 15 is 0 Å². The van der Waals surface area contributed by atoms with Crippen LogP contribution in [0, 0.1) is 0 Å². The molecule has 2 atom stereocenters. The molecule has 152 valence electrons. The molecular weight excluding hydrogens is 368 g/mol. The van der Waals surface area contributed by atoms with E-state index in [-0.39, 0.29) is 29.7 Å². The van der Waals surface area contributed by atoms with Gasteiger partial charge in [0.2, 0.25) is 0 Å². The van der Waals surface area contributed by atoms with Gasteiger partial charge < -0.3 is 19.7 Å². The SMILES string of the molecule is COc1ccc(/C=C(/NC(=O)c2ccccc2)C(=O)N2C[C@H](C)O[C@@H](C)C2)cc1. The summed E-state index contributed by atoms with van der Waals surface area (Å²) in [6.45, 7) is 4.82. The van der Waals surface area contributed by atoms with Crippen molar-refractivity contribution in [2.75, 3.05) is 20.2 Å². The Morgan fingerprint density at radius 3 is 2.24 bits per heavy atom. The van der Waals surface area contributed by atoms with Gasteiger partial charge in [-0.2, -0.15) is 0 Å². The predicted octanol–water partition coefficient (Wildman–Crippen LogP) is 3.10. The van der Waals surface area contributed by atoms with Crippen LogP contribution >= 0.6 is 0 Å². The first-order valence-electron chi connectivity index (χ1n) is 9.63. The monoisotopic (exact) mass is 394 g/mol. The predicted molar refractivity (Wildman–Crippen MR) is 111 cm³/mol. The average molecular weight is 394 g/mol. The Morgan fingerprint density at radius 1 is 1.03 bits per heavy atom. The number of nitrogens with one attached hydrogen (secondary N) is 1. The fourth-order valence-electron chi connectivity index (χ4n) is 3.32. The van der Waals surface area contributed by atoms with E-state index in [9.17, 15) is 9.59 Å². The lowest BCUT2D eigenvalue weighted by Crippen LogP contribution is -2.50. The molecule has 0 radical (unpaired) electrons. The molecule has 6 nitrogen and oxygen atoms in total. The number of methoxy groups -OCH3 is 1. The number of hydrogen-bond acceptors (Lipinski definition) is 4. The van der Waals surface area contributed by atoms with E-state index in [4.69, 9.17) is 9.47 Å². The van der Waals surface area contributed by atoms with Crippen molar-refractivity contribution >= 4 is 17.9 Å². The van der Waals surface area contributed by atoms with Gasteiger partial charge in [-0.05, 0) is 49.8 Å². The van der Waals surface area contributed by atoms with Crippen LogP contribution in [-0.2, 0) is 9.53 Å². The highest BCUT2D eigenvalue weighted by Crippen LogP contribution is 2.17. The summed E-state index contributed by atoms with van der Waals surface area (Å²) in [6, 6.07) is 16.1. The summed E-state index contributed by atoms with van der Waals surface area (Å²) in [5.74, 6) is 0.166. The van der Waals surface area contributed by atoms with E-state index < -0.39 is 0 Å². The second-order valence-corrected chi connectivity index (χ2v) is 7.12. The maximum Gasteiger partial charge on any atom is 0.270 e. The zero-order valence-corrected chi connectivity index (χ0v) is 16.9. The van der Waals surface area contributed by atoms with Crippen molar-refractivity contribution in [3.63, 3.8) is 0 Å². The second kappa shape index (κ2) is 9.39.